The van der Waals surface area contributed by atoms with Gasteiger partial charge in [-0.15, -0.1) is 0 Å². The maximum absolute atomic E-state index is 14.2. The highest BCUT2D eigenvalue weighted by Gasteiger charge is 2.12. The van der Waals surface area contributed by atoms with Gasteiger partial charge in [0.25, 0.3) is 0 Å². The van der Waals surface area contributed by atoms with Crippen LogP contribution in [-0.2, 0) is 6.61 Å². The van der Waals surface area contributed by atoms with Gasteiger partial charge in [0.2, 0.25) is 0 Å². The third-order valence-corrected chi connectivity index (χ3v) is 3.39. The number of benzene rings is 2. The first kappa shape index (κ1) is 15.2. The van der Waals surface area contributed by atoms with Gasteiger partial charge >= 0.3 is 0 Å². The number of nitrogens with two attached hydrogens (primary N) is 1. The molecule has 2 aromatic carbocycles. The summed E-state index contributed by atoms with van der Waals surface area (Å²) in [6.07, 6.45) is 0. The van der Waals surface area contributed by atoms with Crippen LogP contribution in [0.25, 0.3) is 0 Å². The number of nitrogens with zero attached hydrogens (tertiary/aromatic N) is 1. The Hall–Kier alpha value is -2.15. The lowest BCUT2D eigenvalue weighted by atomic mass is 10.1. The first-order chi connectivity index (χ1) is 10.0. The van der Waals surface area contributed by atoms with E-state index in [1.165, 1.54) is 30.3 Å². The minimum atomic E-state index is -0.652. The van der Waals surface area contributed by atoms with Crippen LogP contribution >= 0.6 is 15.9 Å². The predicted molar refractivity (Wildman–Crippen MR) is 77.3 cm³/mol. The molecule has 0 amide bonds. The first-order valence-corrected chi connectivity index (χ1v) is 6.65. The van der Waals surface area contributed by atoms with Gasteiger partial charge in [-0.25, -0.2) is 8.78 Å². The van der Waals surface area contributed by atoms with E-state index >= 15 is 0 Å². The van der Waals surface area contributed by atoms with Crippen LogP contribution in [0.1, 0.15) is 11.1 Å². The Labute approximate surface area is 128 Å². The van der Waals surface area contributed by atoms with Crippen molar-refractivity contribution in [3.63, 3.8) is 0 Å². The highest BCUT2D eigenvalue weighted by atomic mass is 79.9. The molecule has 21 heavy (non-hydrogen) atoms. The van der Waals surface area contributed by atoms with E-state index in [4.69, 9.17) is 15.7 Å². The zero-order chi connectivity index (χ0) is 15.4. The first-order valence-electron chi connectivity index (χ1n) is 5.86. The molecule has 0 aromatic heterocycles. The highest BCUT2D eigenvalue weighted by molar-refractivity contribution is 9.10. The second kappa shape index (κ2) is 6.53. The third-order valence-electron chi connectivity index (χ3n) is 2.74. The van der Waals surface area contributed by atoms with Gasteiger partial charge in [-0.05, 0) is 34.1 Å². The molecule has 110 valence electrons. The lowest BCUT2D eigenvalue weighted by Crippen LogP contribution is -2.16. The SMILES string of the molecule is N/C(=N/O)c1cccc(COc2cc(F)ccc2Br)c1F. The Kier molecular flexibility index (Phi) is 4.74. The number of ether oxygens (including phenoxy) is 1. The van der Waals surface area contributed by atoms with E-state index in [1.54, 1.807) is 6.07 Å². The largest absolute Gasteiger partial charge is 0.488 e. The number of hydrogen-bond acceptors (Lipinski definition) is 3. The average molecular weight is 357 g/mol. The lowest BCUT2D eigenvalue weighted by molar-refractivity contribution is 0.296. The molecule has 0 saturated heterocycles. The van der Waals surface area contributed by atoms with Crippen LogP contribution in [0.4, 0.5) is 8.78 Å². The summed E-state index contributed by atoms with van der Waals surface area (Å²) in [5, 5.41) is 11.4. The summed E-state index contributed by atoms with van der Waals surface area (Å²) in [5.41, 5.74) is 5.55. The quantitative estimate of drug-likeness (QED) is 0.381. The van der Waals surface area contributed by atoms with Gasteiger partial charge in [0.05, 0.1) is 10.0 Å². The van der Waals surface area contributed by atoms with E-state index in [0.717, 1.165) is 0 Å². The summed E-state index contributed by atoms with van der Waals surface area (Å²) in [5.74, 6) is -1.19. The van der Waals surface area contributed by atoms with Crippen LogP contribution in [0.15, 0.2) is 46.0 Å². The van der Waals surface area contributed by atoms with Crippen molar-refractivity contribution in [3.8, 4) is 5.75 Å². The van der Waals surface area contributed by atoms with Gasteiger partial charge in [-0.3, -0.25) is 0 Å². The molecule has 4 nitrogen and oxygen atoms in total. The molecule has 0 aliphatic heterocycles. The molecule has 2 aromatic rings. The van der Waals surface area contributed by atoms with E-state index in [1.807, 2.05) is 0 Å². The molecule has 7 heteroatoms. The molecule has 0 aliphatic rings. The van der Waals surface area contributed by atoms with Gasteiger partial charge < -0.3 is 15.7 Å². The fraction of sp³-hybridized carbons (Fsp3) is 0.0714. The maximum atomic E-state index is 14.2. The molecule has 0 unspecified atom stereocenters. The summed E-state index contributed by atoms with van der Waals surface area (Å²) in [4.78, 5) is 0. The Morgan fingerprint density at radius 2 is 2.05 bits per heavy atom. The molecule has 0 fully saturated rings. The van der Waals surface area contributed by atoms with E-state index < -0.39 is 11.6 Å². The average Bonchev–Trinajstić information content (AvgIpc) is 2.48. The second-order valence-corrected chi connectivity index (χ2v) is 4.98. The van der Waals surface area contributed by atoms with Gasteiger partial charge in [-0.2, -0.15) is 0 Å². The molecule has 0 saturated carbocycles. The fourth-order valence-electron chi connectivity index (χ4n) is 1.69. The third kappa shape index (κ3) is 3.49. The van der Waals surface area contributed by atoms with Crippen molar-refractivity contribution in [2.45, 2.75) is 6.61 Å². The van der Waals surface area contributed by atoms with Crippen molar-refractivity contribution in [1.82, 2.24) is 0 Å². The predicted octanol–water partition coefficient (Wildman–Crippen LogP) is 3.40. The zero-order valence-corrected chi connectivity index (χ0v) is 12.3. The number of rotatable bonds is 4. The minimum absolute atomic E-state index is 0.0306. The van der Waals surface area contributed by atoms with Crippen molar-refractivity contribution < 1.29 is 18.7 Å². The smallest absolute Gasteiger partial charge is 0.173 e. The zero-order valence-electron chi connectivity index (χ0n) is 10.7. The number of hydrogen-bond donors (Lipinski definition) is 2. The molecule has 2 rings (SSSR count). The van der Waals surface area contributed by atoms with Gasteiger partial charge in [0.15, 0.2) is 5.84 Å². The summed E-state index contributed by atoms with van der Waals surface area (Å²) in [7, 11) is 0. The summed E-state index contributed by atoms with van der Waals surface area (Å²) >= 11 is 3.21. The van der Waals surface area contributed by atoms with E-state index in [9.17, 15) is 8.78 Å². The Morgan fingerprint density at radius 1 is 1.29 bits per heavy atom. The Bertz CT molecular complexity index is 693. The summed E-state index contributed by atoms with van der Waals surface area (Å²) in [6.45, 7) is -0.125. The maximum Gasteiger partial charge on any atom is 0.173 e. The molecule has 0 aliphatic carbocycles. The van der Waals surface area contributed by atoms with Crippen molar-refractivity contribution in [1.29, 1.82) is 0 Å². The topological polar surface area (TPSA) is 67.8 Å². The van der Waals surface area contributed by atoms with E-state index in [0.29, 0.717) is 4.47 Å². The molecular weight excluding hydrogens is 346 g/mol. The van der Waals surface area contributed by atoms with Crippen LogP contribution < -0.4 is 10.5 Å². The molecule has 0 heterocycles. The summed E-state index contributed by atoms with van der Waals surface area (Å²) < 4.78 is 33.2. The standard InChI is InChI=1S/C14H11BrF2N2O2/c15-11-5-4-9(16)6-12(11)21-7-8-2-1-3-10(13(8)17)14(18)19-20/h1-6,20H,7H2,(H2,18,19). The molecule has 0 bridgehead atoms. The monoisotopic (exact) mass is 356 g/mol. The molecule has 0 atom stereocenters. The summed E-state index contributed by atoms with van der Waals surface area (Å²) in [6, 6.07) is 8.39. The fourth-order valence-corrected chi connectivity index (χ4v) is 2.05. The Morgan fingerprint density at radius 3 is 2.76 bits per heavy atom. The van der Waals surface area contributed by atoms with Crippen molar-refractivity contribution in [2.24, 2.45) is 10.9 Å². The number of halogens is 3. The Balaban J connectivity index is 2.23. The molecule has 0 spiro atoms. The van der Waals surface area contributed by atoms with Crippen molar-refractivity contribution in [2.75, 3.05) is 0 Å². The van der Waals surface area contributed by atoms with Crippen LogP contribution in [0.3, 0.4) is 0 Å². The molecule has 0 radical (unpaired) electrons. The molecule has 3 N–H and O–H groups in total. The van der Waals surface area contributed by atoms with Crippen LogP contribution in [0.5, 0.6) is 5.75 Å². The second-order valence-electron chi connectivity index (χ2n) is 4.13. The van der Waals surface area contributed by atoms with Gasteiger partial charge in [-0.1, -0.05) is 17.3 Å². The number of amidine groups is 1. The van der Waals surface area contributed by atoms with E-state index in [-0.39, 0.29) is 29.3 Å². The number of oxime groups is 1. The van der Waals surface area contributed by atoms with Gasteiger partial charge in [0.1, 0.15) is 24.0 Å². The lowest BCUT2D eigenvalue weighted by Gasteiger charge is -2.10. The molecular formula is C14H11BrF2N2O2. The van der Waals surface area contributed by atoms with Gasteiger partial charge in [0, 0.05) is 11.6 Å². The minimum Gasteiger partial charge on any atom is -0.488 e. The van der Waals surface area contributed by atoms with Crippen molar-refractivity contribution in [3.05, 3.63) is 63.6 Å². The van der Waals surface area contributed by atoms with Crippen LogP contribution in [0, 0.1) is 11.6 Å². The van der Waals surface area contributed by atoms with E-state index in [2.05, 4.69) is 21.1 Å². The van der Waals surface area contributed by atoms with Crippen LogP contribution in [-0.4, -0.2) is 11.0 Å². The van der Waals surface area contributed by atoms with Crippen LogP contribution in [0.2, 0.25) is 0 Å². The highest BCUT2D eigenvalue weighted by Crippen LogP contribution is 2.26. The van der Waals surface area contributed by atoms with Crippen molar-refractivity contribution >= 4 is 21.8 Å². The normalized spacial score (nSPS) is 11.5.